The SMILES string of the molecule is C=CC(C)=Cc1nc(C(C)C)[nH]c1C. The molecule has 1 aromatic rings. The Bertz CT molecular complexity index is 356. The molecule has 1 aromatic heterocycles. The van der Waals surface area contributed by atoms with Crippen molar-refractivity contribution in [1.29, 1.82) is 0 Å². The summed E-state index contributed by atoms with van der Waals surface area (Å²) in [6, 6.07) is 0. The molecule has 1 heterocycles. The molecule has 1 N–H and O–H groups in total. The van der Waals surface area contributed by atoms with Crippen LogP contribution in [-0.4, -0.2) is 9.97 Å². The number of nitrogens with zero attached hydrogens (tertiary/aromatic N) is 1. The van der Waals surface area contributed by atoms with Gasteiger partial charge in [0.25, 0.3) is 0 Å². The van der Waals surface area contributed by atoms with E-state index in [-0.39, 0.29) is 0 Å². The minimum Gasteiger partial charge on any atom is -0.345 e. The summed E-state index contributed by atoms with van der Waals surface area (Å²) < 4.78 is 0. The zero-order valence-electron chi connectivity index (χ0n) is 9.39. The largest absolute Gasteiger partial charge is 0.345 e. The van der Waals surface area contributed by atoms with Crippen molar-refractivity contribution in [3.05, 3.63) is 35.4 Å². The molecular weight excluding hydrogens is 172 g/mol. The second-order valence-corrected chi connectivity index (χ2v) is 3.88. The van der Waals surface area contributed by atoms with Crippen LogP contribution in [0.4, 0.5) is 0 Å². The molecule has 1 rings (SSSR count). The first-order chi connectivity index (χ1) is 6.54. The van der Waals surface area contributed by atoms with E-state index in [0.717, 1.165) is 22.8 Å². The number of imidazole rings is 1. The first-order valence-electron chi connectivity index (χ1n) is 4.91. The van der Waals surface area contributed by atoms with E-state index in [1.54, 1.807) is 0 Å². The molecule has 0 amide bonds. The second-order valence-electron chi connectivity index (χ2n) is 3.88. The molecule has 0 aliphatic rings. The Hall–Kier alpha value is -1.31. The van der Waals surface area contributed by atoms with Crippen LogP contribution in [0.3, 0.4) is 0 Å². The van der Waals surface area contributed by atoms with Crippen molar-refractivity contribution in [3.8, 4) is 0 Å². The average Bonchev–Trinajstić information content (AvgIpc) is 2.48. The van der Waals surface area contributed by atoms with E-state index in [1.165, 1.54) is 0 Å². The predicted molar refractivity (Wildman–Crippen MR) is 61.3 cm³/mol. The van der Waals surface area contributed by atoms with Crippen molar-refractivity contribution >= 4 is 6.08 Å². The first kappa shape index (κ1) is 10.8. The van der Waals surface area contributed by atoms with Crippen molar-refractivity contribution in [2.75, 3.05) is 0 Å². The number of allylic oxidation sites excluding steroid dienone is 2. The lowest BCUT2D eigenvalue weighted by Crippen LogP contribution is -1.89. The van der Waals surface area contributed by atoms with E-state index >= 15 is 0 Å². The maximum Gasteiger partial charge on any atom is 0.109 e. The van der Waals surface area contributed by atoms with E-state index in [1.807, 2.05) is 26.0 Å². The highest BCUT2D eigenvalue weighted by atomic mass is 14.9. The van der Waals surface area contributed by atoms with Gasteiger partial charge in [-0.1, -0.05) is 26.5 Å². The molecule has 0 saturated heterocycles. The third kappa shape index (κ3) is 2.34. The zero-order valence-corrected chi connectivity index (χ0v) is 9.39. The van der Waals surface area contributed by atoms with Crippen molar-refractivity contribution in [2.24, 2.45) is 0 Å². The average molecular weight is 190 g/mol. The molecule has 2 heteroatoms. The molecule has 14 heavy (non-hydrogen) atoms. The number of hydrogen-bond donors (Lipinski definition) is 1. The first-order valence-corrected chi connectivity index (χ1v) is 4.91. The lowest BCUT2D eigenvalue weighted by molar-refractivity contribution is 0.791. The van der Waals surface area contributed by atoms with Crippen LogP contribution in [0.5, 0.6) is 0 Å². The Labute approximate surface area is 85.8 Å². The van der Waals surface area contributed by atoms with Gasteiger partial charge in [-0.05, 0) is 25.5 Å². The number of aromatic amines is 1. The third-order valence-corrected chi connectivity index (χ3v) is 2.17. The van der Waals surface area contributed by atoms with E-state index < -0.39 is 0 Å². The van der Waals surface area contributed by atoms with Crippen molar-refractivity contribution < 1.29 is 0 Å². The van der Waals surface area contributed by atoms with Gasteiger partial charge in [0.2, 0.25) is 0 Å². The Kier molecular flexibility index (Phi) is 3.28. The molecule has 0 bridgehead atoms. The summed E-state index contributed by atoms with van der Waals surface area (Å²) in [5, 5.41) is 0. The highest BCUT2D eigenvalue weighted by Crippen LogP contribution is 2.15. The molecule has 0 aromatic carbocycles. The summed E-state index contributed by atoms with van der Waals surface area (Å²) >= 11 is 0. The molecule has 0 aliphatic carbocycles. The normalized spacial score (nSPS) is 12.2. The van der Waals surface area contributed by atoms with Crippen LogP contribution in [0.25, 0.3) is 6.08 Å². The number of rotatable bonds is 3. The van der Waals surface area contributed by atoms with Crippen LogP contribution in [0, 0.1) is 6.92 Å². The maximum absolute atomic E-state index is 4.52. The number of aryl methyl sites for hydroxylation is 1. The van der Waals surface area contributed by atoms with Gasteiger partial charge in [0.15, 0.2) is 0 Å². The standard InChI is InChI=1S/C12H18N2/c1-6-9(4)7-11-10(5)13-12(14-11)8(2)3/h6-8H,1H2,2-5H3,(H,13,14). The van der Waals surface area contributed by atoms with Crippen molar-refractivity contribution in [1.82, 2.24) is 9.97 Å². The fraction of sp³-hybridized carbons (Fsp3) is 0.417. The lowest BCUT2D eigenvalue weighted by Gasteiger charge is -1.96. The molecule has 0 atom stereocenters. The van der Waals surface area contributed by atoms with Crippen LogP contribution in [0.2, 0.25) is 0 Å². The minimum absolute atomic E-state index is 0.444. The Morgan fingerprint density at radius 2 is 2.14 bits per heavy atom. The predicted octanol–water partition coefficient (Wildman–Crippen LogP) is 3.43. The van der Waals surface area contributed by atoms with Gasteiger partial charge in [0, 0.05) is 11.6 Å². The van der Waals surface area contributed by atoms with Crippen LogP contribution >= 0.6 is 0 Å². The van der Waals surface area contributed by atoms with E-state index in [9.17, 15) is 0 Å². The summed E-state index contributed by atoms with van der Waals surface area (Å²) in [6.45, 7) is 12.1. The van der Waals surface area contributed by atoms with Crippen molar-refractivity contribution in [3.63, 3.8) is 0 Å². The summed E-state index contributed by atoms with van der Waals surface area (Å²) in [5.41, 5.74) is 3.27. The van der Waals surface area contributed by atoms with E-state index in [2.05, 4.69) is 30.4 Å². The highest BCUT2D eigenvalue weighted by molar-refractivity contribution is 5.53. The second kappa shape index (κ2) is 4.27. The number of nitrogens with one attached hydrogen (secondary N) is 1. The summed E-state index contributed by atoms with van der Waals surface area (Å²) in [6.07, 6.45) is 3.88. The summed E-state index contributed by atoms with van der Waals surface area (Å²) in [5.74, 6) is 1.49. The fourth-order valence-electron chi connectivity index (χ4n) is 1.19. The molecule has 0 unspecified atom stereocenters. The van der Waals surface area contributed by atoms with Gasteiger partial charge in [-0.15, -0.1) is 0 Å². The molecule has 0 radical (unpaired) electrons. The Morgan fingerprint density at radius 3 is 2.57 bits per heavy atom. The van der Waals surface area contributed by atoms with Crippen LogP contribution in [0.1, 0.15) is 43.9 Å². The lowest BCUT2D eigenvalue weighted by atomic mass is 10.2. The van der Waals surface area contributed by atoms with Crippen LogP contribution < -0.4 is 0 Å². The maximum atomic E-state index is 4.52. The molecule has 0 spiro atoms. The number of hydrogen-bond acceptors (Lipinski definition) is 1. The van der Waals surface area contributed by atoms with E-state index in [0.29, 0.717) is 5.92 Å². The molecule has 0 fully saturated rings. The molecule has 2 nitrogen and oxygen atoms in total. The van der Waals surface area contributed by atoms with Crippen LogP contribution in [-0.2, 0) is 0 Å². The van der Waals surface area contributed by atoms with Gasteiger partial charge in [-0.2, -0.15) is 0 Å². The fourth-order valence-corrected chi connectivity index (χ4v) is 1.19. The monoisotopic (exact) mass is 190 g/mol. The highest BCUT2D eigenvalue weighted by Gasteiger charge is 2.06. The van der Waals surface area contributed by atoms with E-state index in [4.69, 9.17) is 0 Å². The van der Waals surface area contributed by atoms with Crippen molar-refractivity contribution in [2.45, 2.75) is 33.6 Å². The molecular formula is C12H18N2. The van der Waals surface area contributed by atoms with Gasteiger partial charge in [-0.3, -0.25) is 0 Å². The van der Waals surface area contributed by atoms with Gasteiger partial charge in [0.1, 0.15) is 5.82 Å². The summed E-state index contributed by atoms with van der Waals surface area (Å²) in [7, 11) is 0. The molecule has 0 saturated carbocycles. The quantitative estimate of drug-likeness (QED) is 0.727. The molecule has 0 aliphatic heterocycles. The zero-order chi connectivity index (χ0) is 10.7. The Balaban J connectivity index is 3.04. The number of aromatic nitrogens is 2. The van der Waals surface area contributed by atoms with Gasteiger partial charge in [-0.25, -0.2) is 4.98 Å². The number of H-pyrrole nitrogens is 1. The van der Waals surface area contributed by atoms with Gasteiger partial charge in [0.05, 0.1) is 5.69 Å². The van der Waals surface area contributed by atoms with Gasteiger partial charge >= 0.3 is 0 Å². The Morgan fingerprint density at radius 1 is 1.50 bits per heavy atom. The summed E-state index contributed by atoms with van der Waals surface area (Å²) in [4.78, 5) is 7.80. The van der Waals surface area contributed by atoms with Crippen LogP contribution in [0.15, 0.2) is 18.2 Å². The molecule has 76 valence electrons. The topological polar surface area (TPSA) is 28.7 Å². The smallest absolute Gasteiger partial charge is 0.109 e. The third-order valence-electron chi connectivity index (χ3n) is 2.17. The van der Waals surface area contributed by atoms with Gasteiger partial charge < -0.3 is 4.98 Å². The minimum atomic E-state index is 0.444.